The molecule has 0 amide bonds. The van der Waals surface area contributed by atoms with Crippen molar-refractivity contribution in [3.8, 4) is 0 Å². The average molecular weight is 225 g/mol. The van der Waals surface area contributed by atoms with Gasteiger partial charge in [0, 0.05) is 30.7 Å². The van der Waals surface area contributed by atoms with Gasteiger partial charge in [-0.1, -0.05) is 20.8 Å². The third kappa shape index (κ3) is 2.85. The predicted molar refractivity (Wildman–Crippen MR) is 65.0 cm³/mol. The molecule has 0 heterocycles. The molecule has 0 aromatic carbocycles. The zero-order valence-electron chi connectivity index (χ0n) is 10.8. The SMILES string of the molecule is CCCNC1=C(C)C(=O)CC(C)(C)C(O)C1. The van der Waals surface area contributed by atoms with Gasteiger partial charge in [-0.15, -0.1) is 0 Å². The monoisotopic (exact) mass is 225 g/mol. The van der Waals surface area contributed by atoms with Crippen LogP contribution in [0.1, 0.15) is 47.0 Å². The molecule has 16 heavy (non-hydrogen) atoms. The van der Waals surface area contributed by atoms with Crippen LogP contribution in [0.25, 0.3) is 0 Å². The number of carbonyl (C=O) groups is 1. The van der Waals surface area contributed by atoms with Gasteiger partial charge in [0.2, 0.25) is 0 Å². The van der Waals surface area contributed by atoms with Crippen molar-refractivity contribution < 1.29 is 9.90 Å². The molecule has 1 rings (SSSR count). The second-order valence-corrected chi connectivity index (χ2v) is 5.34. The molecule has 0 aromatic heterocycles. The summed E-state index contributed by atoms with van der Waals surface area (Å²) in [7, 11) is 0. The lowest BCUT2D eigenvalue weighted by Gasteiger charge is -2.28. The van der Waals surface area contributed by atoms with Gasteiger partial charge >= 0.3 is 0 Å². The van der Waals surface area contributed by atoms with E-state index in [-0.39, 0.29) is 11.2 Å². The van der Waals surface area contributed by atoms with Crippen LogP contribution in [0.5, 0.6) is 0 Å². The van der Waals surface area contributed by atoms with Crippen LogP contribution < -0.4 is 5.32 Å². The lowest BCUT2D eigenvalue weighted by Crippen LogP contribution is -2.31. The van der Waals surface area contributed by atoms with Crippen molar-refractivity contribution in [3.63, 3.8) is 0 Å². The number of Topliss-reactive ketones (excluding diaryl/α,β-unsaturated/α-hetero) is 1. The Labute approximate surface area is 97.9 Å². The standard InChI is InChI=1S/C13H23NO2/c1-5-6-14-10-7-12(16)13(3,4)8-11(15)9(10)2/h12,14,16H,5-8H2,1-4H3. The van der Waals surface area contributed by atoms with E-state index in [9.17, 15) is 9.90 Å². The zero-order valence-corrected chi connectivity index (χ0v) is 10.8. The molecule has 1 unspecified atom stereocenters. The fraction of sp³-hybridized carbons (Fsp3) is 0.769. The Morgan fingerprint density at radius 3 is 2.69 bits per heavy atom. The zero-order chi connectivity index (χ0) is 12.3. The molecule has 1 atom stereocenters. The van der Waals surface area contributed by atoms with Crippen LogP contribution in [-0.4, -0.2) is 23.5 Å². The summed E-state index contributed by atoms with van der Waals surface area (Å²) in [6.45, 7) is 8.69. The molecule has 0 radical (unpaired) electrons. The first-order valence-corrected chi connectivity index (χ1v) is 6.03. The first-order chi connectivity index (χ1) is 7.38. The molecular weight excluding hydrogens is 202 g/mol. The number of ketones is 1. The van der Waals surface area contributed by atoms with E-state index >= 15 is 0 Å². The van der Waals surface area contributed by atoms with Crippen LogP contribution in [0.15, 0.2) is 11.3 Å². The fourth-order valence-electron chi connectivity index (χ4n) is 1.94. The lowest BCUT2D eigenvalue weighted by molar-refractivity contribution is -0.118. The third-order valence-corrected chi connectivity index (χ3v) is 3.38. The minimum Gasteiger partial charge on any atom is -0.392 e. The number of nitrogens with one attached hydrogen (secondary N) is 1. The molecule has 0 bridgehead atoms. The summed E-state index contributed by atoms with van der Waals surface area (Å²) >= 11 is 0. The molecule has 1 aliphatic carbocycles. The quantitative estimate of drug-likeness (QED) is 0.772. The van der Waals surface area contributed by atoms with Crippen molar-refractivity contribution in [2.75, 3.05) is 6.54 Å². The Balaban J connectivity index is 2.89. The van der Waals surface area contributed by atoms with Crippen molar-refractivity contribution in [1.82, 2.24) is 5.32 Å². The summed E-state index contributed by atoms with van der Waals surface area (Å²) in [5.74, 6) is 0.153. The minimum atomic E-state index is -0.451. The van der Waals surface area contributed by atoms with Crippen LogP contribution >= 0.6 is 0 Å². The molecule has 0 aromatic rings. The van der Waals surface area contributed by atoms with Gasteiger partial charge in [-0.25, -0.2) is 0 Å². The highest BCUT2D eigenvalue weighted by atomic mass is 16.3. The number of allylic oxidation sites excluding steroid dienone is 1. The largest absolute Gasteiger partial charge is 0.392 e. The van der Waals surface area contributed by atoms with Gasteiger partial charge in [-0.05, 0) is 18.8 Å². The second-order valence-electron chi connectivity index (χ2n) is 5.34. The molecule has 0 saturated carbocycles. The van der Waals surface area contributed by atoms with E-state index in [1.54, 1.807) is 0 Å². The number of rotatable bonds is 3. The van der Waals surface area contributed by atoms with E-state index < -0.39 is 6.10 Å². The van der Waals surface area contributed by atoms with Gasteiger partial charge in [0.1, 0.15) is 0 Å². The summed E-state index contributed by atoms with van der Waals surface area (Å²) in [4.78, 5) is 11.9. The van der Waals surface area contributed by atoms with Gasteiger partial charge in [0.05, 0.1) is 6.10 Å². The molecule has 3 heteroatoms. The Morgan fingerprint density at radius 2 is 2.12 bits per heavy atom. The summed E-state index contributed by atoms with van der Waals surface area (Å²) in [5, 5.41) is 13.4. The first kappa shape index (κ1) is 13.2. The summed E-state index contributed by atoms with van der Waals surface area (Å²) in [6, 6.07) is 0. The number of hydrogen-bond donors (Lipinski definition) is 2. The van der Waals surface area contributed by atoms with E-state index in [0.717, 1.165) is 24.2 Å². The molecule has 0 saturated heterocycles. The van der Waals surface area contributed by atoms with Gasteiger partial charge in [-0.3, -0.25) is 4.79 Å². The molecule has 0 fully saturated rings. The first-order valence-electron chi connectivity index (χ1n) is 6.03. The maximum atomic E-state index is 11.9. The highest BCUT2D eigenvalue weighted by Crippen LogP contribution is 2.34. The van der Waals surface area contributed by atoms with E-state index in [0.29, 0.717) is 12.8 Å². The van der Waals surface area contributed by atoms with Crippen molar-refractivity contribution in [2.45, 2.75) is 53.1 Å². The summed E-state index contributed by atoms with van der Waals surface area (Å²) in [5.41, 5.74) is 1.39. The minimum absolute atomic E-state index is 0.153. The molecule has 1 aliphatic rings. The van der Waals surface area contributed by atoms with E-state index in [1.807, 2.05) is 20.8 Å². The number of carbonyl (C=O) groups excluding carboxylic acids is 1. The maximum Gasteiger partial charge on any atom is 0.160 e. The van der Waals surface area contributed by atoms with Crippen molar-refractivity contribution in [1.29, 1.82) is 0 Å². The van der Waals surface area contributed by atoms with E-state index in [2.05, 4.69) is 12.2 Å². The highest BCUT2D eigenvalue weighted by molar-refractivity contribution is 5.96. The normalized spacial score (nSPS) is 25.6. The van der Waals surface area contributed by atoms with Crippen LogP contribution in [0.2, 0.25) is 0 Å². The Hall–Kier alpha value is -0.830. The van der Waals surface area contributed by atoms with E-state index in [1.165, 1.54) is 0 Å². The Kier molecular flexibility index (Phi) is 4.14. The van der Waals surface area contributed by atoms with Crippen molar-refractivity contribution in [2.24, 2.45) is 5.41 Å². The van der Waals surface area contributed by atoms with Crippen LogP contribution in [0, 0.1) is 5.41 Å². The van der Waals surface area contributed by atoms with Crippen LogP contribution in [-0.2, 0) is 4.79 Å². The van der Waals surface area contributed by atoms with Crippen LogP contribution in [0.3, 0.4) is 0 Å². The fourth-order valence-corrected chi connectivity index (χ4v) is 1.94. The van der Waals surface area contributed by atoms with Gasteiger partial charge in [0.15, 0.2) is 5.78 Å². The molecule has 2 N–H and O–H groups in total. The lowest BCUT2D eigenvalue weighted by atomic mass is 9.81. The molecular formula is C13H23NO2. The van der Waals surface area contributed by atoms with Gasteiger partial charge < -0.3 is 10.4 Å². The van der Waals surface area contributed by atoms with E-state index in [4.69, 9.17) is 0 Å². The van der Waals surface area contributed by atoms with Gasteiger partial charge in [-0.2, -0.15) is 0 Å². The average Bonchev–Trinajstić information content (AvgIpc) is 2.27. The third-order valence-electron chi connectivity index (χ3n) is 3.38. The number of aliphatic hydroxyl groups is 1. The molecule has 3 nitrogen and oxygen atoms in total. The number of aliphatic hydroxyl groups excluding tert-OH is 1. The van der Waals surface area contributed by atoms with Crippen molar-refractivity contribution in [3.05, 3.63) is 11.3 Å². The maximum absolute atomic E-state index is 11.9. The Bertz CT molecular complexity index is 305. The van der Waals surface area contributed by atoms with Gasteiger partial charge in [0.25, 0.3) is 0 Å². The van der Waals surface area contributed by atoms with Crippen molar-refractivity contribution >= 4 is 5.78 Å². The summed E-state index contributed by atoms with van der Waals surface area (Å²) < 4.78 is 0. The molecule has 0 aliphatic heterocycles. The molecule has 0 spiro atoms. The number of hydrogen-bond acceptors (Lipinski definition) is 3. The summed E-state index contributed by atoms with van der Waals surface area (Å²) in [6.07, 6.45) is 1.56. The topological polar surface area (TPSA) is 49.3 Å². The highest BCUT2D eigenvalue weighted by Gasteiger charge is 2.35. The second kappa shape index (κ2) is 5.00. The predicted octanol–water partition coefficient (Wildman–Crippen LogP) is 2.01. The smallest absolute Gasteiger partial charge is 0.160 e. The van der Waals surface area contributed by atoms with Crippen LogP contribution in [0.4, 0.5) is 0 Å². The Morgan fingerprint density at radius 1 is 1.50 bits per heavy atom. The molecule has 92 valence electrons.